The van der Waals surface area contributed by atoms with Crippen LogP contribution < -0.4 is 10.5 Å². The zero-order valence-corrected chi connectivity index (χ0v) is 11.3. The van der Waals surface area contributed by atoms with Crippen molar-refractivity contribution in [3.63, 3.8) is 0 Å². The van der Waals surface area contributed by atoms with Crippen LogP contribution in [0.3, 0.4) is 0 Å². The fraction of sp³-hybridized carbons (Fsp3) is 0.533. The van der Waals surface area contributed by atoms with Gasteiger partial charge in [0.1, 0.15) is 11.5 Å². The van der Waals surface area contributed by atoms with Crippen LogP contribution in [0, 0.1) is 5.92 Å². The van der Waals surface area contributed by atoms with Gasteiger partial charge in [-0.3, -0.25) is 4.79 Å². The number of carbonyl (C=O) groups excluding carboxylic acids is 1. The highest BCUT2D eigenvalue weighted by molar-refractivity contribution is 5.78. The van der Waals surface area contributed by atoms with Crippen molar-refractivity contribution in [3.8, 4) is 5.75 Å². The molecular weight excluding hydrogens is 226 g/mol. The monoisotopic (exact) mass is 249 g/mol. The van der Waals surface area contributed by atoms with Crippen LogP contribution >= 0.6 is 0 Å². The molecule has 3 heteroatoms. The maximum atomic E-state index is 11.7. The molecule has 0 aliphatic rings. The number of aryl methyl sites for hydroxylation is 1. The Kier molecular flexibility index (Phi) is 6.44. The third-order valence-corrected chi connectivity index (χ3v) is 3.17. The zero-order valence-electron chi connectivity index (χ0n) is 11.3. The molecule has 0 aromatic heterocycles. The molecule has 0 aliphatic heterocycles. The van der Waals surface area contributed by atoms with Crippen LogP contribution in [0.5, 0.6) is 5.75 Å². The molecule has 0 heterocycles. The number of rotatable bonds is 8. The number of hydrogen-bond acceptors (Lipinski definition) is 3. The summed E-state index contributed by atoms with van der Waals surface area (Å²) >= 11 is 0. The van der Waals surface area contributed by atoms with Gasteiger partial charge in [-0.05, 0) is 43.0 Å². The lowest BCUT2D eigenvalue weighted by Gasteiger charge is -2.07. The molecule has 0 spiro atoms. The van der Waals surface area contributed by atoms with Crippen molar-refractivity contribution >= 4 is 5.78 Å². The Balaban J connectivity index is 2.29. The molecular formula is C15H23NO2. The first-order valence-electron chi connectivity index (χ1n) is 6.50. The third kappa shape index (κ3) is 5.32. The summed E-state index contributed by atoms with van der Waals surface area (Å²) < 4.78 is 5.09. The number of carbonyl (C=O) groups is 1. The van der Waals surface area contributed by atoms with Crippen LogP contribution in [0.25, 0.3) is 0 Å². The smallest absolute Gasteiger partial charge is 0.133 e. The minimum atomic E-state index is 0.325. The van der Waals surface area contributed by atoms with Gasteiger partial charge in [0.25, 0.3) is 0 Å². The zero-order chi connectivity index (χ0) is 13.4. The summed E-state index contributed by atoms with van der Waals surface area (Å²) in [6.45, 7) is 2.74. The van der Waals surface area contributed by atoms with E-state index in [0.717, 1.165) is 18.6 Å². The predicted octanol–water partition coefficient (Wildman–Crippen LogP) is 2.57. The van der Waals surface area contributed by atoms with E-state index in [1.165, 1.54) is 5.56 Å². The van der Waals surface area contributed by atoms with Crippen molar-refractivity contribution in [1.29, 1.82) is 0 Å². The minimum absolute atomic E-state index is 0.325. The van der Waals surface area contributed by atoms with E-state index >= 15 is 0 Å². The number of ketones is 1. The Hall–Kier alpha value is -1.35. The highest BCUT2D eigenvalue weighted by Gasteiger charge is 2.06. The van der Waals surface area contributed by atoms with Crippen LogP contribution in [0.2, 0.25) is 0 Å². The second-order valence-electron chi connectivity index (χ2n) is 4.77. The first-order chi connectivity index (χ1) is 8.65. The number of methoxy groups -OCH3 is 1. The molecule has 2 N–H and O–H groups in total. The molecule has 3 nitrogen and oxygen atoms in total. The van der Waals surface area contributed by atoms with Gasteiger partial charge in [0, 0.05) is 12.8 Å². The van der Waals surface area contributed by atoms with E-state index in [2.05, 4.69) is 6.92 Å². The summed E-state index contributed by atoms with van der Waals surface area (Å²) in [6.07, 6.45) is 2.97. The van der Waals surface area contributed by atoms with Gasteiger partial charge in [-0.1, -0.05) is 19.1 Å². The second-order valence-corrected chi connectivity index (χ2v) is 4.77. The van der Waals surface area contributed by atoms with Crippen LogP contribution in [0.15, 0.2) is 24.3 Å². The summed E-state index contributed by atoms with van der Waals surface area (Å²) in [7, 11) is 1.65. The highest BCUT2D eigenvalue weighted by atomic mass is 16.5. The maximum absolute atomic E-state index is 11.7. The van der Waals surface area contributed by atoms with Crippen molar-refractivity contribution < 1.29 is 9.53 Å². The first kappa shape index (κ1) is 14.7. The molecule has 1 unspecified atom stereocenters. The van der Waals surface area contributed by atoms with E-state index in [1.807, 2.05) is 24.3 Å². The average Bonchev–Trinajstić information content (AvgIpc) is 2.42. The number of nitrogens with two attached hydrogens (primary N) is 1. The Bertz CT molecular complexity index is 359. The van der Waals surface area contributed by atoms with E-state index in [4.69, 9.17) is 10.5 Å². The molecule has 0 saturated heterocycles. The summed E-state index contributed by atoms with van der Waals surface area (Å²) in [5.74, 6) is 1.61. The molecule has 0 radical (unpaired) electrons. The molecule has 0 aliphatic carbocycles. The Morgan fingerprint density at radius 3 is 2.50 bits per heavy atom. The van der Waals surface area contributed by atoms with Gasteiger partial charge >= 0.3 is 0 Å². The lowest BCUT2D eigenvalue weighted by atomic mass is 10.0. The standard InChI is InChI=1S/C15H23NO2/c1-12(11-16)3-7-14(17)8-4-13-5-9-15(18-2)10-6-13/h5-6,9-10,12H,3-4,7-8,11,16H2,1-2H3. The topological polar surface area (TPSA) is 52.3 Å². The molecule has 1 atom stereocenters. The number of Topliss-reactive ketones (excluding diaryl/α,β-unsaturated/α-hetero) is 1. The van der Waals surface area contributed by atoms with Gasteiger partial charge in [0.2, 0.25) is 0 Å². The number of ether oxygens (including phenoxy) is 1. The van der Waals surface area contributed by atoms with Crippen LogP contribution in [0.1, 0.15) is 31.7 Å². The van der Waals surface area contributed by atoms with Gasteiger partial charge in [0.15, 0.2) is 0 Å². The summed E-state index contributed by atoms with van der Waals surface area (Å²) in [5, 5.41) is 0. The van der Waals surface area contributed by atoms with Crippen LogP contribution in [-0.4, -0.2) is 19.4 Å². The quantitative estimate of drug-likeness (QED) is 0.770. The van der Waals surface area contributed by atoms with Crippen molar-refractivity contribution in [1.82, 2.24) is 0 Å². The van der Waals surface area contributed by atoms with E-state index in [9.17, 15) is 4.79 Å². The minimum Gasteiger partial charge on any atom is -0.497 e. The van der Waals surface area contributed by atoms with E-state index in [0.29, 0.717) is 31.1 Å². The number of hydrogen-bond donors (Lipinski definition) is 1. The molecule has 0 bridgehead atoms. The van der Waals surface area contributed by atoms with Crippen molar-refractivity contribution in [2.45, 2.75) is 32.6 Å². The third-order valence-electron chi connectivity index (χ3n) is 3.17. The van der Waals surface area contributed by atoms with Gasteiger partial charge in [-0.25, -0.2) is 0 Å². The SMILES string of the molecule is COc1ccc(CCC(=O)CCC(C)CN)cc1. The lowest BCUT2D eigenvalue weighted by Crippen LogP contribution is -2.12. The van der Waals surface area contributed by atoms with E-state index in [-0.39, 0.29) is 0 Å². The molecule has 1 rings (SSSR count). The first-order valence-corrected chi connectivity index (χ1v) is 6.50. The molecule has 100 valence electrons. The van der Waals surface area contributed by atoms with Crippen LogP contribution in [0.4, 0.5) is 0 Å². The van der Waals surface area contributed by atoms with Gasteiger partial charge in [-0.2, -0.15) is 0 Å². The van der Waals surface area contributed by atoms with E-state index < -0.39 is 0 Å². The molecule has 18 heavy (non-hydrogen) atoms. The fourth-order valence-electron chi connectivity index (χ4n) is 1.73. The summed E-state index contributed by atoms with van der Waals surface area (Å²) in [4.78, 5) is 11.7. The molecule has 1 aromatic rings. The van der Waals surface area contributed by atoms with Crippen molar-refractivity contribution in [3.05, 3.63) is 29.8 Å². The predicted molar refractivity (Wildman–Crippen MR) is 73.8 cm³/mol. The molecule has 0 amide bonds. The highest BCUT2D eigenvalue weighted by Crippen LogP contribution is 2.13. The second kappa shape index (κ2) is 7.88. The average molecular weight is 249 g/mol. The Labute approximate surface area is 109 Å². The lowest BCUT2D eigenvalue weighted by molar-refractivity contribution is -0.119. The largest absolute Gasteiger partial charge is 0.497 e. The molecule has 0 saturated carbocycles. The van der Waals surface area contributed by atoms with Gasteiger partial charge < -0.3 is 10.5 Å². The van der Waals surface area contributed by atoms with Gasteiger partial charge in [-0.15, -0.1) is 0 Å². The van der Waals surface area contributed by atoms with E-state index in [1.54, 1.807) is 7.11 Å². The molecule has 1 aromatic carbocycles. The van der Waals surface area contributed by atoms with Gasteiger partial charge in [0.05, 0.1) is 7.11 Å². The normalized spacial score (nSPS) is 12.2. The van der Waals surface area contributed by atoms with Crippen LogP contribution in [-0.2, 0) is 11.2 Å². The number of benzene rings is 1. The van der Waals surface area contributed by atoms with Crippen molar-refractivity contribution in [2.24, 2.45) is 11.7 Å². The Morgan fingerprint density at radius 1 is 1.28 bits per heavy atom. The fourth-order valence-corrected chi connectivity index (χ4v) is 1.73. The summed E-state index contributed by atoms with van der Waals surface area (Å²) in [5.41, 5.74) is 6.70. The summed E-state index contributed by atoms with van der Waals surface area (Å²) in [6, 6.07) is 7.87. The Morgan fingerprint density at radius 2 is 1.94 bits per heavy atom. The van der Waals surface area contributed by atoms with Crippen molar-refractivity contribution in [2.75, 3.05) is 13.7 Å². The maximum Gasteiger partial charge on any atom is 0.133 e. The molecule has 0 fully saturated rings.